The molecule has 0 bridgehead atoms. The van der Waals surface area contributed by atoms with E-state index in [1.165, 1.54) is 0 Å². The summed E-state index contributed by atoms with van der Waals surface area (Å²) in [6, 6.07) is 23.3. The van der Waals surface area contributed by atoms with Crippen molar-refractivity contribution in [3.05, 3.63) is 89.5 Å². The Morgan fingerprint density at radius 1 is 0.844 bits per heavy atom. The molecule has 0 aliphatic carbocycles. The van der Waals surface area contributed by atoms with Crippen LogP contribution in [0.3, 0.4) is 0 Å². The smallest absolute Gasteiger partial charge is 0.253 e. The van der Waals surface area contributed by atoms with Gasteiger partial charge in [0.1, 0.15) is 0 Å². The van der Waals surface area contributed by atoms with Gasteiger partial charge in [0.2, 0.25) is 11.8 Å². The molecular weight excluding hydrogens is 400 g/mol. The van der Waals surface area contributed by atoms with Crippen molar-refractivity contribution < 1.29 is 9.21 Å². The van der Waals surface area contributed by atoms with Crippen molar-refractivity contribution in [1.29, 1.82) is 0 Å². The van der Waals surface area contributed by atoms with Crippen LogP contribution in [-0.4, -0.2) is 42.1 Å². The molecule has 0 unspecified atom stereocenters. The Bertz CT molecular complexity index is 1210. The van der Waals surface area contributed by atoms with Crippen molar-refractivity contribution in [3.8, 4) is 22.9 Å². The lowest BCUT2D eigenvalue weighted by atomic mass is 10.1. The van der Waals surface area contributed by atoms with Gasteiger partial charge in [-0.05, 0) is 60.5 Å². The molecule has 0 saturated carbocycles. The number of benzene rings is 3. The van der Waals surface area contributed by atoms with Gasteiger partial charge in [-0.3, -0.25) is 4.79 Å². The first-order valence-electron chi connectivity index (χ1n) is 10.4. The van der Waals surface area contributed by atoms with Gasteiger partial charge < -0.3 is 14.2 Å². The van der Waals surface area contributed by atoms with Crippen LogP contribution in [0.5, 0.6) is 0 Å². The summed E-state index contributed by atoms with van der Waals surface area (Å²) in [7, 11) is 5.82. The lowest BCUT2D eigenvalue weighted by molar-refractivity contribution is 0.0785. The van der Waals surface area contributed by atoms with E-state index < -0.39 is 0 Å². The van der Waals surface area contributed by atoms with Gasteiger partial charge in [-0.2, -0.15) is 0 Å². The number of hydrogen-bond acceptors (Lipinski definition) is 5. The van der Waals surface area contributed by atoms with Crippen LogP contribution >= 0.6 is 0 Å². The molecule has 0 aliphatic heterocycles. The van der Waals surface area contributed by atoms with Crippen molar-refractivity contribution in [1.82, 2.24) is 15.1 Å². The van der Waals surface area contributed by atoms with Gasteiger partial charge >= 0.3 is 0 Å². The van der Waals surface area contributed by atoms with Crippen molar-refractivity contribution in [2.45, 2.75) is 13.5 Å². The third-order valence-electron chi connectivity index (χ3n) is 5.40. The molecule has 162 valence electrons. The van der Waals surface area contributed by atoms with E-state index >= 15 is 0 Å². The third-order valence-corrected chi connectivity index (χ3v) is 5.40. The molecule has 4 rings (SSSR count). The largest absolute Gasteiger partial charge is 0.416 e. The van der Waals surface area contributed by atoms with Gasteiger partial charge in [-0.15, -0.1) is 10.2 Å². The monoisotopic (exact) mass is 426 g/mol. The minimum absolute atomic E-state index is 0.0423. The van der Waals surface area contributed by atoms with Crippen LogP contribution in [0, 0.1) is 6.92 Å². The SMILES string of the molecule is Cc1ccccc1-c1nnc(-c2ccc(C(=O)N(C)Cc3ccc(N(C)C)cc3)cc2)o1. The maximum atomic E-state index is 12.9. The fraction of sp³-hybridized carbons (Fsp3) is 0.192. The van der Waals surface area contributed by atoms with E-state index in [4.69, 9.17) is 4.42 Å². The predicted octanol–water partition coefficient (Wildman–Crippen LogP) is 5.05. The summed E-state index contributed by atoms with van der Waals surface area (Å²) in [4.78, 5) is 16.6. The van der Waals surface area contributed by atoms with E-state index in [0.29, 0.717) is 23.9 Å². The van der Waals surface area contributed by atoms with Crippen LogP contribution in [0.1, 0.15) is 21.5 Å². The topological polar surface area (TPSA) is 62.5 Å². The van der Waals surface area contributed by atoms with Crippen molar-refractivity contribution in [2.75, 3.05) is 26.0 Å². The molecule has 0 N–H and O–H groups in total. The summed E-state index contributed by atoms with van der Waals surface area (Å²) < 4.78 is 5.87. The standard InChI is InChI=1S/C26H26N4O2/c1-18-7-5-6-8-23(18)25-28-27-24(32-25)20-11-13-21(14-12-20)26(31)30(4)17-19-9-15-22(16-10-19)29(2)3/h5-16H,17H2,1-4H3. The second kappa shape index (κ2) is 9.06. The summed E-state index contributed by atoms with van der Waals surface area (Å²) in [5, 5.41) is 8.35. The Labute approximate surface area is 188 Å². The highest BCUT2D eigenvalue weighted by molar-refractivity contribution is 5.94. The number of anilines is 1. The highest BCUT2D eigenvalue weighted by Crippen LogP contribution is 2.26. The quantitative estimate of drug-likeness (QED) is 0.432. The normalized spacial score (nSPS) is 10.8. The van der Waals surface area contributed by atoms with Gasteiger partial charge in [-0.25, -0.2) is 0 Å². The molecule has 0 aliphatic rings. The van der Waals surface area contributed by atoms with E-state index in [2.05, 4.69) is 22.3 Å². The fourth-order valence-corrected chi connectivity index (χ4v) is 3.48. The van der Waals surface area contributed by atoms with Crippen molar-refractivity contribution >= 4 is 11.6 Å². The van der Waals surface area contributed by atoms with Gasteiger partial charge in [-0.1, -0.05) is 30.3 Å². The van der Waals surface area contributed by atoms with Gasteiger partial charge in [0, 0.05) is 50.1 Å². The Balaban J connectivity index is 1.45. The second-order valence-corrected chi connectivity index (χ2v) is 8.03. The number of carbonyl (C=O) groups is 1. The zero-order chi connectivity index (χ0) is 22.7. The number of aromatic nitrogens is 2. The average Bonchev–Trinajstić information content (AvgIpc) is 3.29. The maximum Gasteiger partial charge on any atom is 0.253 e. The molecule has 0 spiro atoms. The number of aryl methyl sites for hydroxylation is 1. The number of amides is 1. The van der Waals surface area contributed by atoms with Gasteiger partial charge in [0.25, 0.3) is 5.91 Å². The van der Waals surface area contributed by atoms with E-state index in [1.807, 2.05) is 81.5 Å². The summed E-state index contributed by atoms with van der Waals surface area (Å²) in [5.74, 6) is 0.870. The van der Waals surface area contributed by atoms with E-state index in [9.17, 15) is 4.79 Å². The molecule has 0 radical (unpaired) electrons. The molecule has 0 saturated heterocycles. The first-order chi connectivity index (χ1) is 15.4. The predicted molar refractivity (Wildman–Crippen MR) is 126 cm³/mol. The molecule has 0 fully saturated rings. The maximum absolute atomic E-state index is 12.9. The first-order valence-corrected chi connectivity index (χ1v) is 10.4. The Hall–Kier alpha value is -3.93. The number of hydrogen-bond donors (Lipinski definition) is 0. The Morgan fingerprint density at radius 2 is 1.50 bits per heavy atom. The molecule has 4 aromatic rings. The molecule has 0 atom stereocenters. The molecule has 1 amide bonds. The highest BCUT2D eigenvalue weighted by Gasteiger charge is 2.15. The average molecular weight is 427 g/mol. The summed E-state index contributed by atoms with van der Waals surface area (Å²) in [6.07, 6.45) is 0. The van der Waals surface area contributed by atoms with Gasteiger partial charge in [0.05, 0.1) is 0 Å². The molecule has 32 heavy (non-hydrogen) atoms. The Morgan fingerprint density at radius 3 is 2.16 bits per heavy atom. The highest BCUT2D eigenvalue weighted by atomic mass is 16.4. The molecule has 6 nitrogen and oxygen atoms in total. The fourth-order valence-electron chi connectivity index (χ4n) is 3.48. The molecule has 6 heteroatoms. The van der Waals surface area contributed by atoms with E-state index in [-0.39, 0.29) is 5.91 Å². The van der Waals surface area contributed by atoms with Crippen LogP contribution < -0.4 is 4.90 Å². The van der Waals surface area contributed by atoms with E-state index in [1.54, 1.807) is 17.0 Å². The van der Waals surface area contributed by atoms with Crippen LogP contribution in [0.4, 0.5) is 5.69 Å². The number of rotatable bonds is 6. The number of carbonyl (C=O) groups excluding carboxylic acids is 1. The molecule has 1 heterocycles. The Kier molecular flexibility index (Phi) is 6.03. The zero-order valence-corrected chi connectivity index (χ0v) is 18.7. The molecular formula is C26H26N4O2. The lowest BCUT2D eigenvalue weighted by Gasteiger charge is -2.18. The second-order valence-electron chi connectivity index (χ2n) is 8.03. The van der Waals surface area contributed by atoms with Crippen LogP contribution in [0.25, 0.3) is 22.9 Å². The zero-order valence-electron chi connectivity index (χ0n) is 18.7. The van der Waals surface area contributed by atoms with Crippen LogP contribution in [-0.2, 0) is 6.54 Å². The third kappa shape index (κ3) is 4.54. The van der Waals surface area contributed by atoms with Crippen molar-refractivity contribution in [2.24, 2.45) is 0 Å². The summed E-state index contributed by atoms with van der Waals surface area (Å²) in [5.41, 5.74) is 5.58. The first kappa shape index (κ1) is 21.3. The van der Waals surface area contributed by atoms with E-state index in [0.717, 1.165) is 27.9 Å². The van der Waals surface area contributed by atoms with Crippen molar-refractivity contribution in [3.63, 3.8) is 0 Å². The minimum atomic E-state index is -0.0423. The minimum Gasteiger partial charge on any atom is -0.416 e. The summed E-state index contributed by atoms with van der Waals surface area (Å²) in [6.45, 7) is 2.55. The lowest BCUT2D eigenvalue weighted by Crippen LogP contribution is -2.26. The van der Waals surface area contributed by atoms with Gasteiger partial charge in [0.15, 0.2) is 0 Å². The molecule has 3 aromatic carbocycles. The van der Waals surface area contributed by atoms with Crippen LogP contribution in [0.2, 0.25) is 0 Å². The molecule has 1 aromatic heterocycles. The summed E-state index contributed by atoms with van der Waals surface area (Å²) >= 11 is 0. The number of nitrogens with zero attached hydrogens (tertiary/aromatic N) is 4. The van der Waals surface area contributed by atoms with Crippen LogP contribution in [0.15, 0.2) is 77.2 Å².